The Morgan fingerprint density at radius 2 is 2.23 bits per heavy atom. The first-order valence-corrected chi connectivity index (χ1v) is 7.68. The van der Waals surface area contributed by atoms with Crippen molar-refractivity contribution in [1.82, 2.24) is 15.3 Å². The molecular formula is C16H23ClN4O. The van der Waals surface area contributed by atoms with Gasteiger partial charge in [0.25, 0.3) is 0 Å². The second kappa shape index (κ2) is 7.61. The molecule has 2 heterocycles. The van der Waals surface area contributed by atoms with E-state index < -0.39 is 0 Å². The van der Waals surface area contributed by atoms with Gasteiger partial charge < -0.3 is 16.0 Å². The van der Waals surface area contributed by atoms with E-state index in [1.165, 1.54) is 12.8 Å². The molecule has 1 aliphatic carbocycles. The highest BCUT2D eigenvalue weighted by atomic mass is 35.5. The minimum Gasteiger partial charge on any atom is -0.353 e. The number of rotatable bonds is 4. The lowest BCUT2D eigenvalue weighted by Gasteiger charge is -2.31. The van der Waals surface area contributed by atoms with Crippen molar-refractivity contribution in [3.63, 3.8) is 0 Å². The van der Waals surface area contributed by atoms with Gasteiger partial charge in [0.05, 0.1) is 6.42 Å². The van der Waals surface area contributed by atoms with Crippen molar-refractivity contribution in [2.24, 2.45) is 11.7 Å². The maximum absolute atomic E-state index is 12.3. The number of nitrogens with one attached hydrogen (secondary N) is 2. The summed E-state index contributed by atoms with van der Waals surface area (Å²) in [7, 11) is 0. The quantitative estimate of drug-likeness (QED) is 0.806. The third-order valence-corrected chi connectivity index (χ3v) is 4.45. The van der Waals surface area contributed by atoms with E-state index in [1.54, 1.807) is 6.20 Å². The van der Waals surface area contributed by atoms with Crippen LogP contribution in [0.3, 0.4) is 0 Å². The highest BCUT2D eigenvalue weighted by Gasteiger charge is 2.25. The summed E-state index contributed by atoms with van der Waals surface area (Å²) in [5.41, 5.74) is 7.64. The van der Waals surface area contributed by atoms with Crippen LogP contribution in [0.4, 0.5) is 0 Å². The average molecular weight is 323 g/mol. The van der Waals surface area contributed by atoms with E-state index in [2.05, 4.69) is 15.3 Å². The van der Waals surface area contributed by atoms with Crippen molar-refractivity contribution >= 4 is 29.3 Å². The normalized spacial score (nSPS) is 21.3. The largest absolute Gasteiger partial charge is 0.353 e. The predicted molar refractivity (Wildman–Crippen MR) is 90.0 cm³/mol. The maximum atomic E-state index is 12.3. The standard InChI is InChI=1S/C16H22N4O.ClH/c17-9-11-4-1-2-6-14(11)20-15(21)8-12-10-19-16-13(12)5-3-7-18-16;/h3,5,7,10-11,14H,1-2,4,6,8-9,17H2,(H,18,19)(H,20,21);1H. The molecule has 1 fully saturated rings. The molecule has 1 amide bonds. The molecule has 5 nitrogen and oxygen atoms in total. The summed E-state index contributed by atoms with van der Waals surface area (Å²) in [6, 6.07) is 4.12. The lowest BCUT2D eigenvalue weighted by molar-refractivity contribution is -0.121. The fraction of sp³-hybridized carbons (Fsp3) is 0.500. The first-order valence-electron chi connectivity index (χ1n) is 7.68. The molecule has 0 aromatic carbocycles. The van der Waals surface area contributed by atoms with E-state index in [1.807, 2.05) is 18.3 Å². The zero-order chi connectivity index (χ0) is 14.7. The number of halogens is 1. The summed E-state index contributed by atoms with van der Waals surface area (Å²) >= 11 is 0. The van der Waals surface area contributed by atoms with Crippen LogP contribution in [0.2, 0.25) is 0 Å². The first kappa shape index (κ1) is 16.8. The van der Waals surface area contributed by atoms with Gasteiger partial charge in [0.1, 0.15) is 5.65 Å². The SMILES string of the molecule is Cl.NCC1CCCCC1NC(=O)Cc1c[nH]c2ncccc12. The molecule has 0 spiro atoms. The van der Waals surface area contributed by atoms with Gasteiger partial charge in [0, 0.05) is 23.8 Å². The summed E-state index contributed by atoms with van der Waals surface area (Å²) < 4.78 is 0. The van der Waals surface area contributed by atoms with Crippen molar-refractivity contribution < 1.29 is 4.79 Å². The van der Waals surface area contributed by atoms with Gasteiger partial charge in [-0.3, -0.25) is 4.79 Å². The summed E-state index contributed by atoms with van der Waals surface area (Å²) in [6.07, 6.45) is 8.58. The molecule has 1 aliphatic rings. The Balaban J connectivity index is 0.00000176. The van der Waals surface area contributed by atoms with E-state index in [4.69, 9.17) is 5.73 Å². The van der Waals surface area contributed by atoms with Crippen LogP contribution in [0.25, 0.3) is 11.0 Å². The summed E-state index contributed by atoms with van der Waals surface area (Å²) in [5, 5.41) is 4.19. The van der Waals surface area contributed by atoms with Crippen LogP contribution >= 0.6 is 12.4 Å². The van der Waals surface area contributed by atoms with Gasteiger partial charge in [-0.05, 0) is 43.0 Å². The molecule has 120 valence electrons. The lowest BCUT2D eigenvalue weighted by atomic mass is 9.84. The summed E-state index contributed by atoms with van der Waals surface area (Å²) in [4.78, 5) is 19.6. The molecule has 0 saturated heterocycles. The Morgan fingerprint density at radius 3 is 3.05 bits per heavy atom. The van der Waals surface area contributed by atoms with Gasteiger partial charge >= 0.3 is 0 Å². The van der Waals surface area contributed by atoms with Crippen molar-refractivity contribution in [3.05, 3.63) is 30.1 Å². The second-order valence-corrected chi connectivity index (χ2v) is 5.84. The molecule has 2 aromatic heterocycles. The van der Waals surface area contributed by atoms with Crippen LogP contribution in [0, 0.1) is 5.92 Å². The Hall–Kier alpha value is -1.59. The van der Waals surface area contributed by atoms with Crippen molar-refractivity contribution in [2.45, 2.75) is 38.1 Å². The van der Waals surface area contributed by atoms with Gasteiger partial charge in [-0.2, -0.15) is 0 Å². The van der Waals surface area contributed by atoms with Crippen LogP contribution in [-0.4, -0.2) is 28.5 Å². The number of nitrogens with zero attached hydrogens (tertiary/aromatic N) is 1. The first-order chi connectivity index (χ1) is 10.3. The number of nitrogens with two attached hydrogens (primary N) is 1. The van der Waals surface area contributed by atoms with Gasteiger partial charge in [-0.15, -0.1) is 12.4 Å². The molecule has 0 radical (unpaired) electrons. The van der Waals surface area contributed by atoms with Crippen molar-refractivity contribution in [1.29, 1.82) is 0 Å². The van der Waals surface area contributed by atoms with Crippen LogP contribution < -0.4 is 11.1 Å². The van der Waals surface area contributed by atoms with E-state index in [-0.39, 0.29) is 24.4 Å². The number of fused-ring (bicyclic) bond motifs is 1. The van der Waals surface area contributed by atoms with Crippen LogP contribution in [0.15, 0.2) is 24.5 Å². The Labute approximate surface area is 136 Å². The highest BCUT2D eigenvalue weighted by Crippen LogP contribution is 2.24. The van der Waals surface area contributed by atoms with Gasteiger partial charge in [-0.1, -0.05) is 12.8 Å². The van der Waals surface area contributed by atoms with Crippen molar-refractivity contribution in [3.8, 4) is 0 Å². The van der Waals surface area contributed by atoms with E-state index in [9.17, 15) is 4.79 Å². The number of aromatic amines is 1. The van der Waals surface area contributed by atoms with E-state index >= 15 is 0 Å². The monoisotopic (exact) mass is 322 g/mol. The molecular weight excluding hydrogens is 300 g/mol. The summed E-state index contributed by atoms with van der Waals surface area (Å²) in [5.74, 6) is 0.498. The average Bonchev–Trinajstić information content (AvgIpc) is 2.91. The van der Waals surface area contributed by atoms with Crippen LogP contribution in [0.1, 0.15) is 31.2 Å². The Kier molecular flexibility index (Phi) is 5.80. The second-order valence-electron chi connectivity index (χ2n) is 5.84. The number of aromatic nitrogens is 2. The van der Waals surface area contributed by atoms with Gasteiger partial charge in [0.2, 0.25) is 5.91 Å². The van der Waals surface area contributed by atoms with Gasteiger partial charge in [-0.25, -0.2) is 4.98 Å². The number of hydrogen-bond acceptors (Lipinski definition) is 3. The number of H-pyrrole nitrogens is 1. The third kappa shape index (κ3) is 3.59. The van der Waals surface area contributed by atoms with Crippen molar-refractivity contribution in [2.75, 3.05) is 6.54 Å². The Bertz CT molecular complexity index is 627. The molecule has 2 atom stereocenters. The zero-order valence-corrected chi connectivity index (χ0v) is 13.4. The summed E-state index contributed by atoms with van der Waals surface area (Å²) in [6.45, 7) is 0.655. The smallest absolute Gasteiger partial charge is 0.224 e. The van der Waals surface area contributed by atoms with E-state index in [0.29, 0.717) is 18.9 Å². The molecule has 1 saturated carbocycles. The minimum absolute atomic E-state index is 0. The minimum atomic E-state index is 0. The van der Waals surface area contributed by atoms with E-state index in [0.717, 1.165) is 29.4 Å². The van der Waals surface area contributed by atoms with Crippen LogP contribution in [0.5, 0.6) is 0 Å². The predicted octanol–water partition coefficient (Wildman–Crippen LogP) is 2.16. The molecule has 22 heavy (non-hydrogen) atoms. The van der Waals surface area contributed by atoms with Crippen LogP contribution in [-0.2, 0) is 11.2 Å². The molecule has 3 rings (SSSR count). The third-order valence-electron chi connectivity index (χ3n) is 4.45. The fourth-order valence-corrected chi connectivity index (χ4v) is 3.27. The number of amides is 1. The maximum Gasteiger partial charge on any atom is 0.224 e. The number of carbonyl (C=O) groups is 1. The molecule has 0 bridgehead atoms. The lowest BCUT2D eigenvalue weighted by Crippen LogP contribution is -2.45. The molecule has 6 heteroatoms. The molecule has 0 aliphatic heterocycles. The highest BCUT2D eigenvalue weighted by molar-refractivity contribution is 5.87. The molecule has 4 N–H and O–H groups in total. The number of hydrogen-bond donors (Lipinski definition) is 3. The topological polar surface area (TPSA) is 83.8 Å². The number of carbonyl (C=O) groups excluding carboxylic acids is 1. The molecule has 2 aromatic rings. The Morgan fingerprint density at radius 1 is 1.41 bits per heavy atom. The zero-order valence-electron chi connectivity index (χ0n) is 12.5. The fourth-order valence-electron chi connectivity index (χ4n) is 3.27. The van der Waals surface area contributed by atoms with Gasteiger partial charge in [0.15, 0.2) is 0 Å². The number of pyridine rings is 1. The molecule has 2 unspecified atom stereocenters.